The van der Waals surface area contributed by atoms with E-state index in [4.69, 9.17) is 10.5 Å². The molecular formula is C16H17Br2NO. The number of hydrogen-bond acceptors (Lipinski definition) is 2. The van der Waals surface area contributed by atoms with Crippen LogP contribution >= 0.6 is 31.9 Å². The Kier molecular flexibility index (Phi) is 5.24. The lowest BCUT2D eigenvalue weighted by atomic mass is 10.0. The fraction of sp³-hybridized carbons (Fsp3) is 0.250. The molecule has 0 radical (unpaired) electrons. The normalized spacial score (nSPS) is 13.8. The van der Waals surface area contributed by atoms with E-state index in [1.54, 1.807) is 0 Å². The van der Waals surface area contributed by atoms with Crippen molar-refractivity contribution < 1.29 is 4.74 Å². The second-order valence-electron chi connectivity index (χ2n) is 4.85. The molecule has 0 aliphatic carbocycles. The van der Waals surface area contributed by atoms with Crippen molar-refractivity contribution >= 4 is 31.9 Å². The SMILES string of the molecule is Cc1ccc(OC(c2ccccc2Br)C(C)N)c(Br)c1. The van der Waals surface area contributed by atoms with E-state index in [-0.39, 0.29) is 12.1 Å². The van der Waals surface area contributed by atoms with Crippen LogP contribution in [0.25, 0.3) is 0 Å². The molecule has 2 aromatic carbocycles. The maximum Gasteiger partial charge on any atom is 0.140 e. The molecule has 0 aliphatic rings. The molecule has 106 valence electrons. The quantitative estimate of drug-likeness (QED) is 0.787. The summed E-state index contributed by atoms with van der Waals surface area (Å²) >= 11 is 7.10. The van der Waals surface area contributed by atoms with Gasteiger partial charge in [0.15, 0.2) is 0 Å². The van der Waals surface area contributed by atoms with Crippen LogP contribution in [-0.2, 0) is 0 Å². The van der Waals surface area contributed by atoms with Crippen LogP contribution in [-0.4, -0.2) is 6.04 Å². The number of benzene rings is 2. The van der Waals surface area contributed by atoms with E-state index in [0.717, 1.165) is 20.3 Å². The van der Waals surface area contributed by atoms with Gasteiger partial charge in [-0.3, -0.25) is 0 Å². The standard InChI is InChI=1S/C16H17Br2NO/c1-10-7-8-15(14(18)9-10)20-16(11(2)19)12-5-3-4-6-13(12)17/h3-9,11,16H,19H2,1-2H3. The molecule has 0 bridgehead atoms. The van der Waals surface area contributed by atoms with Gasteiger partial charge in [0, 0.05) is 16.1 Å². The van der Waals surface area contributed by atoms with E-state index in [1.807, 2.05) is 56.3 Å². The first-order chi connectivity index (χ1) is 9.49. The lowest BCUT2D eigenvalue weighted by molar-refractivity contribution is 0.178. The Hall–Kier alpha value is -0.840. The Labute approximate surface area is 136 Å². The van der Waals surface area contributed by atoms with Crippen LogP contribution in [0.2, 0.25) is 0 Å². The van der Waals surface area contributed by atoms with E-state index < -0.39 is 0 Å². The second kappa shape index (κ2) is 6.74. The minimum atomic E-state index is -0.204. The van der Waals surface area contributed by atoms with Gasteiger partial charge in [0.25, 0.3) is 0 Å². The monoisotopic (exact) mass is 397 g/mol. The lowest BCUT2D eigenvalue weighted by Crippen LogP contribution is -2.29. The molecule has 2 aromatic rings. The summed E-state index contributed by atoms with van der Waals surface area (Å²) in [5, 5.41) is 0. The summed E-state index contributed by atoms with van der Waals surface area (Å²) < 4.78 is 8.07. The zero-order valence-electron chi connectivity index (χ0n) is 11.4. The van der Waals surface area contributed by atoms with Gasteiger partial charge in [0.05, 0.1) is 4.47 Å². The van der Waals surface area contributed by atoms with Gasteiger partial charge >= 0.3 is 0 Å². The molecule has 0 heterocycles. The Balaban J connectivity index is 2.33. The highest BCUT2D eigenvalue weighted by atomic mass is 79.9. The summed E-state index contributed by atoms with van der Waals surface area (Å²) in [5.74, 6) is 0.800. The topological polar surface area (TPSA) is 35.2 Å². The first-order valence-electron chi connectivity index (χ1n) is 6.42. The van der Waals surface area contributed by atoms with Crippen LogP contribution in [0.4, 0.5) is 0 Å². The van der Waals surface area contributed by atoms with Gasteiger partial charge < -0.3 is 10.5 Å². The average Bonchev–Trinajstić information content (AvgIpc) is 2.39. The molecule has 4 heteroatoms. The summed E-state index contributed by atoms with van der Waals surface area (Å²) in [6.45, 7) is 4.00. The molecule has 0 amide bonds. The van der Waals surface area contributed by atoms with Crippen LogP contribution in [0.5, 0.6) is 5.75 Å². The lowest BCUT2D eigenvalue weighted by Gasteiger charge is -2.24. The van der Waals surface area contributed by atoms with Crippen molar-refractivity contribution in [1.82, 2.24) is 0 Å². The van der Waals surface area contributed by atoms with Crippen molar-refractivity contribution in [3.8, 4) is 5.75 Å². The highest BCUT2D eigenvalue weighted by Gasteiger charge is 2.21. The molecule has 0 aromatic heterocycles. The predicted molar refractivity (Wildman–Crippen MR) is 90.0 cm³/mol. The Bertz CT molecular complexity index is 599. The van der Waals surface area contributed by atoms with Gasteiger partial charge in [0.1, 0.15) is 11.9 Å². The smallest absolute Gasteiger partial charge is 0.140 e. The van der Waals surface area contributed by atoms with E-state index >= 15 is 0 Å². The first kappa shape index (κ1) is 15.5. The molecule has 20 heavy (non-hydrogen) atoms. The van der Waals surface area contributed by atoms with Crippen molar-refractivity contribution in [2.24, 2.45) is 5.73 Å². The van der Waals surface area contributed by atoms with Crippen molar-refractivity contribution in [2.45, 2.75) is 26.0 Å². The van der Waals surface area contributed by atoms with Crippen LogP contribution < -0.4 is 10.5 Å². The number of nitrogens with two attached hydrogens (primary N) is 1. The average molecular weight is 399 g/mol. The maximum atomic E-state index is 6.13. The highest BCUT2D eigenvalue weighted by molar-refractivity contribution is 9.10. The van der Waals surface area contributed by atoms with E-state index in [0.29, 0.717) is 0 Å². The van der Waals surface area contributed by atoms with Crippen LogP contribution in [0.3, 0.4) is 0 Å². The van der Waals surface area contributed by atoms with Gasteiger partial charge in [-0.25, -0.2) is 0 Å². The number of ether oxygens (including phenoxy) is 1. The molecule has 0 saturated heterocycles. The van der Waals surface area contributed by atoms with Crippen molar-refractivity contribution in [3.63, 3.8) is 0 Å². The zero-order chi connectivity index (χ0) is 14.7. The molecule has 0 fully saturated rings. The van der Waals surface area contributed by atoms with Crippen LogP contribution in [0, 0.1) is 6.92 Å². The van der Waals surface area contributed by atoms with E-state index in [2.05, 4.69) is 31.9 Å². The molecule has 2 nitrogen and oxygen atoms in total. The molecule has 2 N–H and O–H groups in total. The molecule has 0 saturated carbocycles. The summed E-state index contributed by atoms with van der Waals surface area (Å²) in [7, 11) is 0. The first-order valence-corrected chi connectivity index (χ1v) is 8.00. The van der Waals surface area contributed by atoms with Crippen LogP contribution in [0.1, 0.15) is 24.2 Å². The summed E-state index contributed by atoms with van der Waals surface area (Å²) in [5.41, 5.74) is 8.34. The summed E-state index contributed by atoms with van der Waals surface area (Å²) in [6, 6.07) is 13.9. The molecule has 0 aliphatic heterocycles. The third-order valence-electron chi connectivity index (χ3n) is 3.03. The Morgan fingerprint density at radius 1 is 1.05 bits per heavy atom. The predicted octanol–water partition coefficient (Wildman–Crippen LogP) is 4.99. The molecule has 0 spiro atoms. The largest absolute Gasteiger partial charge is 0.483 e. The molecule has 2 unspecified atom stereocenters. The number of halogens is 2. The Morgan fingerprint density at radius 2 is 1.75 bits per heavy atom. The van der Waals surface area contributed by atoms with Gasteiger partial charge in [-0.05, 0) is 53.5 Å². The summed E-state index contributed by atoms with van der Waals surface area (Å²) in [6.07, 6.45) is -0.204. The minimum Gasteiger partial charge on any atom is -0.483 e. The third-order valence-corrected chi connectivity index (χ3v) is 4.37. The Morgan fingerprint density at radius 3 is 2.35 bits per heavy atom. The fourth-order valence-corrected chi connectivity index (χ4v) is 3.10. The zero-order valence-corrected chi connectivity index (χ0v) is 14.6. The van der Waals surface area contributed by atoms with Crippen molar-refractivity contribution in [2.75, 3.05) is 0 Å². The molecule has 2 atom stereocenters. The summed E-state index contributed by atoms with van der Waals surface area (Å²) in [4.78, 5) is 0. The second-order valence-corrected chi connectivity index (χ2v) is 6.56. The fourth-order valence-electron chi connectivity index (χ4n) is 2.00. The van der Waals surface area contributed by atoms with Gasteiger partial charge in [-0.2, -0.15) is 0 Å². The van der Waals surface area contributed by atoms with Crippen LogP contribution in [0.15, 0.2) is 51.4 Å². The van der Waals surface area contributed by atoms with Gasteiger partial charge in [-0.15, -0.1) is 0 Å². The van der Waals surface area contributed by atoms with E-state index in [9.17, 15) is 0 Å². The van der Waals surface area contributed by atoms with Crippen molar-refractivity contribution in [3.05, 3.63) is 62.5 Å². The number of aryl methyl sites for hydroxylation is 1. The van der Waals surface area contributed by atoms with Gasteiger partial charge in [-0.1, -0.05) is 40.2 Å². The number of hydrogen-bond donors (Lipinski definition) is 1. The minimum absolute atomic E-state index is 0.123. The number of rotatable bonds is 4. The van der Waals surface area contributed by atoms with Gasteiger partial charge in [0.2, 0.25) is 0 Å². The highest BCUT2D eigenvalue weighted by Crippen LogP contribution is 2.33. The third kappa shape index (κ3) is 3.62. The molecular weight excluding hydrogens is 382 g/mol. The molecule has 2 rings (SSSR count). The van der Waals surface area contributed by atoms with E-state index in [1.165, 1.54) is 5.56 Å². The maximum absolute atomic E-state index is 6.13. The van der Waals surface area contributed by atoms with Crippen molar-refractivity contribution in [1.29, 1.82) is 0 Å².